The number of amides is 1. The molecule has 3 aromatic rings. The van der Waals surface area contributed by atoms with Gasteiger partial charge >= 0.3 is 6.09 Å². The number of alkyl carbamates (subject to hydrolysis) is 1. The molecule has 1 N–H and O–H groups in total. The van der Waals surface area contributed by atoms with Crippen molar-refractivity contribution in [1.82, 2.24) is 5.32 Å². The molecule has 3 aliphatic rings. The van der Waals surface area contributed by atoms with Gasteiger partial charge in [-0.1, -0.05) is 131 Å². The number of ether oxygens (including phenoxy) is 3. The van der Waals surface area contributed by atoms with Crippen molar-refractivity contribution in [3.8, 4) is 11.1 Å². The maximum absolute atomic E-state index is 13.8. The Bertz CT molecular complexity index is 1420. The highest BCUT2D eigenvalue weighted by molar-refractivity contribution is 8.14. The van der Waals surface area contributed by atoms with Gasteiger partial charge in [0, 0.05) is 10.7 Å². The molecule has 1 saturated carbocycles. The van der Waals surface area contributed by atoms with Gasteiger partial charge in [0.05, 0.1) is 30.8 Å². The number of rotatable bonds is 10. The molecule has 2 aliphatic carbocycles. The van der Waals surface area contributed by atoms with Gasteiger partial charge in [0.1, 0.15) is 12.7 Å². The topological polar surface area (TPSA) is 77.2 Å². The summed E-state index contributed by atoms with van der Waals surface area (Å²) < 4.78 is 18.2. The molecule has 1 heterocycles. The zero-order valence-corrected chi connectivity index (χ0v) is 26.7. The van der Waals surface area contributed by atoms with Crippen molar-refractivity contribution < 1.29 is 23.8 Å². The molecule has 44 heavy (non-hydrogen) atoms. The van der Waals surface area contributed by atoms with Crippen LogP contribution in [0.4, 0.5) is 4.79 Å². The van der Waals surface area contributed by atoms with Crippen LogP contribution in [0.15, 0.2) is 78.9 Å². The Labute approximate surface area is 265 Å². The molecule has 0 radical (unpaired) electrons. The van der Waals surface area contributed by atoms with E-state index in [0.717, 1.165) is 37.7 Å². The number of carbonyl (C=O) groups is 2. The number of thioether (sulfide) groups is 1. The number of nitrogens with one attached hydrogen (secondary N) is 1. The first-order valence-electron chi connectivity index (χ1n) is 15.9. The quantitative estimate of drug-likeness (QED) is 0.234. The van der Waals surface area contributed by atoms with Crippen molar-refractivity contribution in [3.05, 3.63) is 95.6 Å². The molecule has 7 heteroatoms. The van der Waals surface area contributed by atoms with E-state index in [4.69, 9.17) is 14.2 Å². The van der Waals surface area contributed by atoms with Crippen LogP contribution in [-0.4, -0.2) is 47.4 Å². The Morgan fingerprint density at radius 3 is 2.16 bits per heavy atom. The summed E-state index contributed by atoms with van der Waals surface area (Å²) in [6, 6.07) is 26.2. The Morgan fingerprint density at radius 2 is 1.52 bits per heavy atom. The van der Waals surface area contributed by atoms with Crippen LogP contribution >= 0.6 is 11.8 Å². The molecule has 1 aliphatic heterocycles. The minimum Gasteiger partial charge on any atom is -0.449 e. The normalized spacial score (nSPS) is 21.2. The molecule has 1 saturated heterocycles. The van der Waals surface area contributed by atoms with Gasteiger partial charge in [-0.05, 0) is 40.7 Å². The summed E-state index contributed by atoms with van der Waals surface area (Å²) in [7, 11) is 0. The monoisotopic (exact) mass is 613 g/mol. The maximum atomic E-state index is 13.8. The largest absolute Gasteiger partial charge is 0.449 e. The lowest BCUT2D eigenvalue weighted by atomic mass is 9.71. The molecule has 232 valence electrons. The fourth-order valence-corrected chi connectivity index (χ4v) is 8.01. The van der Waals surface area contributed by atoms with E-state index in [-0.39, 0.29) is 41.2 Å². The van der Waals surface area contributed by atoms with E-state index in [2.05, 4.69) is 50.4 Å². The number of epoxide rings is 1. The summed E-state index contributed by atoms with van der Waals surface area (Å²) in [5.74, 6) is -0.0246. The summed E-state index contributed by atoms with van der Waals surface area (Å²) in [6.45, 7) is 7.15. The van der Waals surface area contributed by atoms with Gasteiger partial charge in [-0.2, -0.15) is 0 Å². The Hall–Kier alpha value is -3.13. The summed E-state index contributed by atoms with van der Waals surface area (Å²) in [4.78, 5) is 27.2. The van der Waals surface area contributed by atoms with Crippen molar-refractivity contribution >= 4 is 23.0 Å². The van der Waals surface area contributed by atoms with E-state index in [1.54, 1.807) is 0 Å². The van der Waals surface area contributed by atoms with Gasteiger partial charge < -0.3 is 19.5 Å². The predicted molar refractivity (Wildman–Crippen MR) is 175 cm³/mol. The summed E-state index contributed by atoms with van der Waals surface area (Å²) in [5.41, 5.74) is 5.23. The molecule has 6 rings (SSSR count). The molecule has 0 bridgehead atoms. The minimum atomic E-state index is -0.540. The summed E-state index contributed by atoms with van der Waals surface area (Å²) >= 11 is 1.42. The average Bonchev–Trinajstić information content (AvgIpc) is 3.77. The molecule has 3 aromatic carbocycles. The number of hydrogen-bond acceptors (Lipinski definition) is 6. The van der Waals surface area contributed by atoms with E-state index in [9.17, 15) is 9.59 Å². The van der Waals surface area contributed by atoms with Crippen LogP contribution in [-0.2, 0) is 25.6 Å². The lowest BCUT2D eigenvalue weighted by Crippen LogP contribution is -2.47. The van der Waals surface area contributed by atoms with Crippen LogP contribution in [0.1, 0.15) is 75.5 Å². The van der Waals surface area contributed by atoms with E-state index in [1.807, 2.05) is 54.6 Å². The summed E-state index contributed by atoms with van der Waals surface area (Å²) in [6.07, 6.45) is 3.74. The van der Waals surface area contributed by atoms with E-state index < -0.39 is 17.6 Å². The molecule has 2 fully saturated rings. The third kappa shape index (κ3) is 6.75. The number of fused-ring (bicyclic) bond motifs is 3. The maximum Gasteiger partial charge on any atom is 0.407 e. The van der Waals surface area contributed by atoms with Gasteiger partial charge in [0.25, 0.3) is 0 Å². The van der Waals surface area contributed by atoms with Crippen LogP contribution in [0, 0.1) is 5.41 Å². The summed E-state index contributed by atoms with van der Waals surface area (Å²) in [5, 5.41) is 3.29. The second-order valence-electron chi connectivity index (χ2n) is 13.3. The van der Waals surface area contributed by atoms with Crippen LogP contribution in [0.2, 0.25) is 0 Å². The molecule has 6 nitrogen and oxygen atoms in total. The van der Waals surface area contributed by atoms with Crippen molar-refractivity contribution in [2.75, 3.05) is 13.2 Å². The van der Waals surface area contributed by atoms with Gasteiger partial charge in [-0.15, -0.1) is 0 Å². The van der Waals surface area contributed by atoms with Crippen molar-refractivity contribution in [2.24, 2.45) is 5.41 Å². The van der Waals surface area contributed by atoms with Crippen LogP contribution < -0.4 is 5.32 Å². The molecule has 0 unspecified atom stereocenters. The third-order valence-electron chi connectivity index (χ3n) is 9.07. The smallest absolute Gasteiger partial charge is 0.407 e. The molecule has 0 spiro atoms. The van der Waals surface area contributed by atoms with Crippen LogP contribution in [0.3, 0.4) is 0 Å². The van der Waals surface area contributed by atoms with Crippen LogP contribution in [0.25, 0.3) is 11.1 Å². The van der Waals surface area contributed by atoms with Gasteiger partial charge in [-0.3, -0.25) is 4.79 Å². The fraction of sp³-hybridized carbons (Fsp3) is 0.459. The van der Waals surface area contributed by atoms with Gasteiger partial charge in [-0.25, -0.2) is 4.79 Å². The SMILES string of the molecule is CC(C)(C)SC(=O)C1([C@H]2O[C@@H]2[C@H](COCc2ccccc2)NC(=O)OCC2c3ccccc3-c3ccccc32)CCCCC1. The Kier molecular flexibility index (Phi) is 9.18. The molecular formula is C37H43NO5S. The van der Waals surface area contributed by atoms with Crippen molar-refractivity contribution in [2.45, 2.75) is 88.4 Å². The lowest BCUT2D eigenvalue weighted by molar-refractivity contribution is -0.122. The van der Waals surface area contributed by atoms with Crippen LogP contribution in [0.5, 0.6) is 0 Å². The standard InChI is InChI=1S/C37H43NO5S/c1-36(2,3)44-34(39)37(20-12-5-13-21-37)33-32(43-33)31(24-41-22-25-14-6-4-7-15-25)38-35(40)42-23-30-28-18-10-8-16-26(28)27-17-9-11-19-29(27)30/h4,6-11,14-19,30-33H,5,12-13,20-24H2,1-3H3,(H,38,40)/t31-,32+,33-/m0/s1. The molecular weight excluding hydrogens is 570 g/mol. The molecule has 0 aromatic heterocycles. The second kappa shape index (κ2) is 13.1. The first-order chi connectivity index (χ1) is 21.2. The van der Waals surface area contributed by atoms with Crippen molar-refractivity contribution in [1.29, 1.82) is 0 Å². The lowest BCUT2D eigenvalue weighted by Gasteiger charge is -2.36. The Balaban J connectivity index is 1.15. The fourth-order valence-electron chi connectivity index (χ4n) is 6.93. The average molecular weight is 614 g/mol. The molecule has 3 atom stereocenters. The third-order valence-corrected chi connectivity index (χ3v) is 10.3. The highest BCUT2D eigenvalue weighted by Crippen LogP contribution is 2.53. The second-order valence-corrected chi connectivity index (χ2v) is 15.1. The number of hydrogen-bond donors (Lipinski definition) is 1. The van der Waals surface area contributed by atoms with Gasteiger partial charge in [0.2, 0.25) is 0 Å². The van der Waals surface area contributed by atoms with E-state index >= 15 is 0 Å². The van der Waals surface area contributed by atoms with E-state index in [1.165, 1.54) is 34.0 Å². The number of benzene rings is 3. The zero-order valence-electron chi connectivity index (χ0n) is 25.9. The van der Waals surface area contributed by atoms with E-state index in [0.29, 0.717) is 6.61 Å². The van der Waals surface area contributed by atoms with Crippen molar-refractivity contribution in [3.63, 3.8) is 0 Å². The molecule has 1 amide bonds. The highest BCUT2D eigenvalue weighted by atomic mass is 32.2. The minimum absolute atomic E-state index is 0.0246. The zero-order chi connectivity index (χ0) is 30.7. The first kappa shape index (κ1) is 30.9. The highest BCUT2D eigenvalue weighted by Gasteiger charge is 2.61. The number of carbonyl (C=O) groups excluding carboxylic acids is 2. The van der Waals surface area contributed by atoms with Gasteiger partial charge in [0.15, 0.2) is 5.12 Å². The predicted octanol–water partition coefficient (Wildman–Crippen LogP) is 7.89. The Morgan fingerprint density at radius 1 is 0.909 bits per heavy atom. The first-order valence-corrected chi connectivity index (χ1v) is 16.7.